The van der Waals surface area contributed by atoms with Crippen molar-refractivity contribution >= 4 is 11.3 Å². The first-order valence-electron chi connectivity index (χ1n) is 13.1. The summed E-state index contributed by atoms with van der Waals surface area (Å²) < 4.78 is 5.77. The number of methoxy groups -OCH3 is 1. The van der Waals surface area contributed by atoms with E-state index < -0.39 is 0 Å². The summed E-state index contributed by atoms with van der Waals surface area (Å²) in [6.45, 7) is 4.54. The number of rotatable bonds is 6. The third-order valence-corrected chi connectivity index (χ3v) is 7.82. The highest BCUT2D eigenvalue weighted by Gasteiger charge is 2.36. The zero-order valence-electron chi connectivity index (χ0n) is 21.2. The van der Waals surface area contributed by atoms with Crippen LogP contribution in [0.4, 0.5) is 5.69 Å². The molecule has 2 fully saturated rings. The summed E-state index contributed by atoms with van der Waals surface area (Å²) in [6, 6.07) is 7.78. The van der Waals surface area contributed by atoms with Gasteiger partial charge in [0.15, 0.2) is 0 Å². The molecule has 2 heterocycles. The van der Waals surface area contributed by atoms with Crippen molar-refractivity contribution in [3.05, 3.63) is 29.8 Å². The first-order valence-corrected chi connectivity index (χ1v) is 13.1. The van der Waals surface area contributed by atoms with E-state index in [9.17, 15) is 0 Å². The van der Waals surface area contributed by atoms with Gasteiger partial charge in [-0.15, -0.1) is 0 Å². The second-order valence-corrected chi connectivity index (χ2v) is 10.2. The predicted molar refractivity (Wildman–Crippen MR) is 139 cm³/mol. The number of nitrogens with zero attached hydrogens (tertiary/aromatic N) is 2. The van der Waals surface area contributed by atoms with Crippen LogP contribution in [0.15, 0.2) is 24.3 Å². The Morgan fingerprint density at radius 1 is 1.09 bits per heavy atom. The summed E-state index contributed by atoms with van der Waals surface area (Å²) >= 11 is 0. The number of allylic oxidation sites excluding steroid dienone is 1. The predicted octanol–water partition coefficient (Wildman–Crippen LogP) is 4.45. The average molecular weight is 456 g/mol. The molecule has 2 aliphatic heterocycles. The minimum atomic E-state index is 0.116. The molecule has 3 atom stereocenters. The Kier molecular flexibility index (Phi) is 8.69. The minimum absolute atomic E-state index is 0.116. The molecule has 184 valence electrons. The van der Waals surface area contributed by atoms with Gasteiger partial charge in [0, 0.05) is 29.9 Å². The van der Waals surface area contributed by atoms with Crippen molar-refractivity contribution in [3.63, 3.8) is 0 Å². The van der Waals surface area contributed by atoms with Gasteiger partial charge < -0.3 is 20.3 Å². The maximum Gasteiger partial charge on any atom is 0.136 e. The number of likely N-dealkylation sites (N-methyl/N-ethyl adjacent to an activating group) is 1. The van der Waals surface area contributed by atoms with Gasteiger partial charge in [-0.1, -0.05) is 31.8 Å². The molecular formula is C27H45N5O. The molecule has 0 aromatic heterocycles. The molecule has 1 aromatic rings. The zero-order chi connectivity index (χ0) is 23.2. The molecule has 6 heteroatoms. The van der Waals surface area contributed by atoms with Crippen molar-refractivity contribution in [2.75, 3.05) is 39.6 Å². The number of benzene rings is 1. The molecule has 3 unspecified atom stereocenters. The number of ether oxygens (including phenoxy) is 1. The summed E-state index contributed by atoms with van der Waals surface area (Å²) in [6.07, 6.45) is 14.3. The topological polar surface area (TPSA) is 51.8 Å². The number of anilines is 1. The van der Waals surface area contributed by atoms with E-state index in [2.05, 4.69) is 71.0 Å². The molecule has 1 saturated carbocycles. The first-order chi connectivity index (χ1) is 16.1. The van der Waals surface area contributed by atoms with Crippen LogP contribution in [0.5, 0.6) is 5.75 Å². The largest absolute Gasteiger partial charge is 0.496 e. The maximum atomic E-state index is 5.77. The van der Waals surface area contributed by atoms with Crippen LogP contribution in [0.25, 0.3) is 5.57 Å². The van der Waals surface area contributed by atoms with Gasteiger partial charge in [-0.2, -0.15) is 0 Å². The van der Waals surface area contributed by atoms with E-state index in [4.69, 9.17) is 4.74 Å². The third-order valence-electron chi connectivity index (χ3n) is 7.82. The number of nitrogens with one attached hydrogen (secondary N) is 3. The molecular weight excluding hydrogens is 410 g/mol. The highest BCUT2D eigenvalue weighted by Crippen LogP contribution is 2.34. The third kappa shape index (κ3) is 6.10. The van der Waals surface area contributed by atoms with Gasteiger partial charge in [-0.05, 0) is 83.4 Å². The average Bonchev–Trinajstić information content (AvgIpc) is 3.21. The fourth-order valence-electron chi connectivity index (χ4n) is 5.96. The molecule has 6 nitrogen and oxygen atoms in total. The minimum Gasteiger partial charge on any atom is -0.496 e. The Hall–Kier alpha value is -1.60. The van der Waals surface area contributed by atoms with Crippen molar-refractivity contribution in [1.82, 2.24) is 20.4 Å². The fourth-order valence-corrected chi connectivity index (χ4v) is 5.96. The van der Waals surface area contributed by atoms with Crippen LogP contribution in [-0.4, -0.2) is 68.6 Å². The molecule has 3 aliphatic rings. The lowest BCUT2D eigenvalue weighted by molar-refractivity contribution is 0.0174. The van der Waals surface area contributed by atoms with Crippen molar-refractivity contribution in [2.45, 2.75) is 89.3 Å². The van der Waals surface area contributed by atoms with Crippen molar-refractivity contribution < 1.29 is 4.74 Å². The van der Waals surface area contributed by atoms with Gasteiger partial charge in [0.25, 0.3) is 0 Å². The Labute approximate surface area is 201 Å². The number of hydrogen-bond acceptors (Lipinski definition) is 6. The van der Waals surface area contributed by atoms with Gasteiger partial charge in [0.2, 0.25) is 0 Å². The lowest BCUT2D eigenvalue weighted by Gasteiger charge is -2.49. The summed E-state index contributed by atoms with van der Waals surface area (Å²) in [5, 5.41) is 11.2. The van der Waals surface area contributed by atoms with Gasteiger partial charge >= 0.3 is 0 Å². The van der Waals surface area contributed by atoms with Crippen LogP contribution in [0.2, 0.25) is 0 Å². The van der Waals surface area contributed by atoms with Crippen LogP contribution in [0.1, 0.15) is 70.3 Å². The van der Waals surface area contributed by atoms with E-state index >= 15 is 0 Å². The van der Waals surface area contributed by atoms with Crippen LogP contribution < -0.4 is 20.7 Å². The van der Waals surface area contributed by atoms with E-state index in [-0.39, 0.29) is 6.29 Å². The van der Waals surface area contributed by atoms with E-state index in [1.54, 1.807) is 7.11 Å². The highest BCUT2D eigenvalue weighted by atomic mass is 16.5. The maximum absolute atomic E-state index is 5.77. The molecule has 3 N–H and O–H groups in total. The summed E-state index contributed by atoms with van der Waals surface area (Å²) in [7, 11) is 6.04. The molecule has 1 aromatic carbocycles. The normalized spacial score (nSPS) is 28.6. The summed E-state index contributed by atoms with van der Waals surface area (Å²) in [5.41, 5.74) is 3.79. The lowest BCUT2D eigenvalue weighted by Crippen LogP contribution is -2.67. The van der Waals surface area contributed by atoms with E-state index in [0.29, 0.717) is 18.2 Å². The van der Waals surface area contributed by atoms with Crippen LogP contribution >= 0.6 is 0 Å². The summed E-state index contributed by atoms with van der Waals surface area (Å²) in [5.74, 6) is 0.968. The molecule has 0 radical (unpaired) electrons. The van der Waals surface area contributed by atoms with Gasteiger partial charge in [0.1, 0.15) is 12.0 Å². The number of hydrogen-bond donors (Lipinski definition) is 3. The highest BCUT2D eigenvalue weighted by molar-refractivity contribution is 5.74. The van der Waals surface area contributed by atoms with Crippen LogP contribution in [-0.2, 0) is 0 Å². The first kappa shape index (κ1) is 24.5. The van der Waals surface area contributed by atoms with Gasteiger partial charge in [0.05, 0.1) is 13.3 Å². The molecule has 0 spiro atoms. The van der Waals surface area contributed by atoms with Crippen molar-refractivity contribution in [2.24, 2.45) is 0 Å². The second kappa shape index (κ2) is 11.7. The standard InChI is InChI=1S/C27H45N5O/c1-20-18-26(28-2)30-27(32(20)23-11-7-5-6-8-12-23)29-22-13-14-25(33-4)24(19-22)21-10-9-16-31(3)17-15-21/h13-15,19-20,23,26-30H,5-12,16-18H2,1-4H3. The summed E-state index contributed by atoms with van der Waals surface area (Å²) in [4.78, 5) is 5.11. The van der Waals surface area contributed by atoms with Gasteiger partial charge in [-0.25, -0.2) is 0 Å². The molecule has 0 amide bonds. The Morgan fingerprint density at radius 2 is 1.88 bits per heavy atom. The van der Waals surface area contributed by atoms with Crippen molar-refractivity contribution in [3.8, 4) is 5.75 Å². The van der Waals surface area contributed by atoms with Crippen LogP contribution in [0.3, 0.4) is 0 Å². The molecule has 1 saturated heterocycles. The Morgan fingerprint density at radius 3 is 2.61 bits per heavy atom. The van der Waals surface area contributed by atoms with Gasteiger partial charge in [-0.3, -0.25) is 10.2 Å². The fraction of sp³-hybridized carbons (Fsp3) is 0.704. The zero-order valence-corrected chi connectivity index (χ0v) is 21.2. The molecule has 33 heavy (non-hydrogen) atoms. The SMILES string of the molecule is CNC1CC(C)N(C2CCCCCC2)C(Nc2ccc(OC)c(C3=CCN(C)CCC3)c2)N1. The van der Waals surface area contributed by atoms with Crippen LogP contribution in [0, 0.1) is 0 Å². The van der Waals surface area contributed by atoms with E-state index in [1.165, 1.54) is 56.1 Å². The molecule has 1 aliphatic carbocycles. The quantitative estimate of drug-likeness (QED) is 0.551. The lowest BCUT2D eigenvalue weighted by atomic mass is 9.99. The van der Waals surface area contributed by atoms with E-state index in [1.807, 2.05) is 0 Å². The van der Waals surface area contributed by atoms with E-state index in [0.717, 1.165) is 37.4 Å². The van der Waals surface area contributed by atoms with Crippen molar-refractivity contribution in [1.29, 1.82) is 0 Å². The Balaban J connectivity index is 1.59. The second-order valence-electron chi connectivity index (χ2n) is 10.2. The Bertz CT molecular complexity index is 789. The monoisotopic (exact) mass is 455 g/mol. The molecule has 4 rings (SSSR count). The smallest absolute Gasteiger partial charge is 0.136 e. The molecule has 0 bridgehead atoms.